The smallest absolute Gasteiger partial charge is 0.857 e. The average Bonchev–Trinajstić information content (AvgIpc) is 2.93. The molecule has 0 unspecified atom stereocenters. The Balaban J connectivity index is 0.00000161. The molecule has 3 rings (SSSR count). The van der Waals surface area contributed by atoms with Gasteiger partial charge in [0.15, 0.2) is 11.9 Å². The zero-order chi connectivity index (χ0) is 14.4. The van der Waals surface area contributed by atoms with Gasteiger partial charge in [-0.2, -0.15) is 4.98 Å². The van der Waals surface area contributed by atoms with Crippen molar-refractivity contribution in [1.29, 1.82) is 0 Å². The third kappa shape index (κ3) is 2.59. The van der Waals surface area contributed by atoms with E-state index in [4.69, 9.17) is 15.6 Å². The molecule has 0 saturated carbocycles. The molecule has 1 fully saturated rings. The number of anilines is 1. The van der Waals surface area contributed by atoms with Gasteiger partial charge < -0.3 is 30.9 Å². The number of rotatable bonds is 2. The first kappa shape index (κ1) is 16.4. The van der Waals surface area contributed by atoms with Crippen LogP contribution in [-0.2, 0) is 4.74 Å². The van der Waals surface area contributed by atoms with Crippen LogP contribution in [-0.4, -0.2) is 59.8 Å². The Morgan fingerprint density at radius 1 is 1.33 bits per heavy atom. The van der Waals surface area contributed by atoms with E-state index in [2.05, 4.69) is 15.0 Å². The molecule has 0 aliphatic carbocycles. The molecule has 5 N–H and O–H groups in total. The quantitative estimate of drug-likeness (QED) is 0.396. The first-order valence-corrected chi connectivity index (χ1v) is 5.82. The first-order valence-electron chi connectivity index (χ1n) is 5.82. The third-order valence-electron chi connectivity index (χ3n) is 3.20. The molecule has 1 aliphatic heterocycles. The van der Waals surface area contributed by atoms with E-state index in [1.165, 1.54) is 10.9 Å². The van der Waals surface area contributed by atoms with Crippen LogP contribution in [0.3, 0.4) is 0 Å². The molecule has 0 radical (unpaired) electrons. The Kier molecular flexibility index (Phi) is 4.68. The fourth-order valence-electron chi connectivity index (χ4n) is 2.20. The summed E-state index contributed by atoms with van der Waals surface area (Å²) in [5.74, 6) is -0.867. The second-order valence-corrected chi connectivity index (χ2v) is 4.44. The van der Waals surface area contributed by atoms with Crippen molar-refractivity contribution in [3.8, 4) is 5.88 Å². The number of aromatic nitrogens is 4. The van der Waals surface area contributed by atoms with E-state index in [0.29, 0.717) is 0 Å². The van der Waals surface area contributed by atoms with Gasteiger partial charge in [-0.15, -0.1) is 0 Å². The number of fused-ring (bicyclic) bond motifs is 1. The Morgan fingerprint density at radius 3 is 2.67 bits per heavy atom. The van der Waals surface area contributed by atoms with E-state index in [1.54, 1.807) is 0 Å². The predicted octanol–water partition coefficient (Wildman–Crippen LogP) is -5.90. The standard InChI is InChI=1S/C10H13N5O5.Na/c11-10-13-7-4(8(19)14-10)12-2-15(7)9-6(18)5(17)3(1-16)20-9;/h2-3,5-6,9,16-18H,1H2,(H3,11,13,14,19);/q;+1/p-1/t3-,5-,6-,9-;/m1./s1. The van der Waals surface area contributed by atoms with E-state index in [1.807, 2.05) is 0 Å². The molecule has 1 aliphatic rings. The number of ether oxygens (including phenoxy) is 1. The zero-order valence-corrected chi connectivity index (χ0v) is 13.1. The predicted molar refractivity (Wildman–Crippen MR) is 62.2 cm³/mol. The van der Waals surface area contributed by atoms with Gasteiger partial charge in [-0.3, -0.25) is 4.57 Å². The maximum atomic E-state index is 11.6. The van der Waals surface area contributed by atoms with E-state index in [9.17, 15) is 15.3 Å². The largest absolute Gasteiger partial charge is 1.00 e. The molecule has 21 heavy (non-hydrogen) atoms. The summed E-state index contributed by atoms with van der Waals surface area (Å²) in [5.41, 5.74) is 5.49. The van der Waals surface area contributed by atoms with Crippen LogP contribution < -0.4 is 40.4 Å². The van der Waals surface area contributed by atoms with Crippen LogP contribution >= 0.6 is 0 Å². The molecule has 108 valence electrons. The van der Waals surface area contributed by atoms with Crippen LogP contribution in [0.15, 0.2) is 6.33 Å². The van der Waals surface area contributed by atoms with Crippen molar-refractivity contribution in [1.82, 2.24) is 19.5 Å². The van der Waals surface area contributed by atoms with Crippen molar-refractivity contribution < 1.29 is 54.7 Å². The molecule has 4 atom stereocenters. The Hall–Kier alpha value is -1.01. The van der Waals surface area contributed by atoms with Crippen LogP contribution in [0.5, 0.6) is 5.88 Å². The van der Waals surface area contributed by atoms with Crippen LogP contribution in [0.2, 0.25) is 0 Å². The number of nitrogens with zero attached hydrogens (tertiary/aromatic N) is 4. The second-order valence-electron chi connectivity index (χ2n) is 4.44. The number of imidazole rings is 1. The van der Waals surface area contributed by atoms with Gasteiger partial charge in [0.1, 0.15) is 23.8 Å². The summed E-state index contributed by atoms with van der Waals surface area (Å²) in [6, 6.07) is 0. The average molecular weight is 305 g/mol. The molecule has 0 aromatic carbocycles. The van der Waals surface area contributed by atoms with Gasteiger partial charge in [0.2, 0.25) is 5.95 Å². The van der Waals surface area contributed by atoms with Gasteiger partial charge in [-0.25, -0.2) is 9.97 Å². The topological polar surface area (TPSA) is 163 Å². The summed E-state index contributed by atoms with van der Waals surface area (Å²) in [5, 5.41) is 40.3. The van der Waals surface area contributed by atoms with Gasteiger partial charge in [0.05, 0.1) is 12.9 Å². The maximum absolute atomic E-state index is 11.6. The number of aliphatic hydroxyl groups is 3. The van der Waals surface area contributed by atoms with E-state index >= 15 is 0 Å². The molecule has 0 bridgehead atoms. The molecule has 0 spiro atoms. The number of nitrogen functional groups attached to an aromatic ring is 1. The monoisotopic (exact) mass is 305 g/mol. The molecular weight excluding hydrogens is 293 g/mol. The Bertz CT molecular complexity index is 652. The van der Waals surface area contributed by atoms with Crippen molar-refractivity contribution in [2.45, 2.75) is 24.5 Å². The minimum Gasteiger partial charge on any atom is -0.857 e. The minimum absolute atomic E-state index is 0. The van der Waals surface area contributed by atoms with Crippen LogP contribution in [0.25, 0.3) is 11.2 Å². The van der Waals surface area contributed by atoms with Crippen molar-refractivity contribution in [2.24, 2.45) is 0 Å². The first-order chi connectivity index (χ1) is 9.52. The fourth-order valence-corrected chi connectivity index (χ4v) is 2.20. The summed E-state index contributed by atoms with van der Waals surface area (Å²) in [6.07, 6.45) is -3.27. The van der Waals surface area contributed by atoms with Gasteiger partial charge in [-0.1, -0.05) is 0 Å². The van der Waals surface area contributed by atoms with Crippen molar-refractivity contribution in [3.05, 3.63) is 6.33 Å². The van der Waals surface area contributed by atoms with E-state index in [0.717, 1.165) is 0 Å². The van der Waals surface area contributed by atoms with Crippen LogP contribution in [0.1, 0.15) is 6.23 Å². The molecular formula is C10H12N5NaO5. The number of nitrogens with two attached hydrogens (primary N) is 1. The Morgan fingerprint density at radius 2 is 2.05 bits per heavy atom. The minimum atomic E-state index is -1.30. The summed E-state index contributed by atoms with van der Waals surface area (Å²) < 4.78 is 6.61. The summed E-state index contributed by atoms with van der Waals surface area (Å²) >= 11 is 0. The molecule has 11 heteroatoms. The van der Waals surface area contributed by atoms with Crippen LogP contribution in [0, 0.1) is 0 Å². The summed E-state index contributed by atoms with van der Waals surface area (Å²) in [6.45, 7) is -0.453. The van der Waals surface area contributed by atoms with Gasteiger partial charge in [0, 0.05) is 5.88 Å². The normalized spacial score (nSPS) is 28.7. The number of hydrogen-bond acceptors (Lipinski definition) is 9. The molecule has 2 aromatic heterocycles. The number of aliphatic hydroxyl groups excluding tert-OH is 3. The van der Waals surface area contributed by atoms with Gasteiger partial charge in [0.25, 0.3) is 0 Å². The number of hydrogen-bond donors (Lipinski definition) is 4. The third-order valence-corrected chi connectivity index (χ3v) is 3.20. The molecule has 3 heterocycles. The van der Waals surface area contributed by atoms with Gasteiger partial charge in [-0.05, 0) is 0 Å². The van der Waals surface area contributed by atoms with Crippen molar-refractivity contribution in [3.63, 3.8) is 0 Å². The van der Waals surface area contributed by atoms with Crippen molar-refractivity contribution >= 4 is 17.1 Å². The summed E-state index contributed by atoms with van der Waals surface area (Å²) in [7, 11) is 0. The van der Waals surface area contributed by atoms with Gasteiger partial charge >= 0.3 is 29.6 Å². The molecule has 2 aromatic rings. The molecule has 10 nitrogen and oxygen atoms in total. The zero-order valence-electron chi connectivity index (χ0n) is 11.1. The Labute approximate surface area is 140 Å². The van der Waals surface area contributed by atoms with E-state index in [-0.39, 0.29) is 46.7 Å². The maximum Gasteiger partial charge on any atom is 1.00 e. The van der Waals surface area contributed by atoms with Crippen LogP contribution in [0.4, 0.5) is 5.95 Å². The van der Waals surface area contributed by atoms with Crippen molar-refractivity contribution in [2.75, 3.05) is 12.3 Å². The summed E-state index contributed by atoms with van der Waals surface area (Å²) in [4.78, 5) is 11.2. The molecule has 1 saturated heterocycles. The molecule has 0 amide bonds. The SMILES string of the molecule is Nc1nc([O-])c2ncn([C@@H]3O[C@H](CO)[C@@H](O)[C@H]3O)c2n1.[Na+]. The fraction of sp³-hybridized carbons (Fsp3) is 0.500. The second kappa shape index (κ2) is 6.01. The van der Waals surface area contributed by atoms with E-state index < -0.39 is 37.0 Å².